The predicted octanol–water partition coefficient (Wildman–Crippen LogP) is 4.22. The van der Waals surface area contributed by atoms with Crippen molar-refractivity contribution < 1.29 is 28.3 Å². The van der Waals surface area contributed by atoms with Gasteiger partial charge < -0.3 is 26.0 Å². The number of aliphatic hydroxyl groups excluding tert-OH is 1. The molecule has 10 heteroatoms. The fraction of sp³-hybridized carbons (Fsp3) is 0.447. The minimum absolute atomic E-state index is 0.0382. The zero-order valence-corrected chi connectivity index (χ0v) is 27.8. The summed E-state index contributed by atoms with van der Waals surface area (Å²) in [6.45, 7) is 6.06. The molecule has 0 aromatic heterocycles. The number of amides is 3. The Morgan fingerprint density at radius 2 is 1.69 bits per heavy atom. The first-order valence-corrected chi connectivity index (χ1v) is 16.9. The highest BCUT2D eigenvalue weighted by Gasteiger charge is 2.53. The Labute approximate surface area is 281 Å². The van der Waals surface area contributed by atoms with Crippen molar-refractivity contribution in [2.75, 3.05) is 6.54 Å². The fourth-order valence-corrected chi connectivity index (χ4v) is 7.31. The second-order valence-electron chi connectivity index (χ2n) is 13.3. The quantitative estimate of drug-likeness (QED) is 0.220. The van der Waals surface area contributed by atoms with Crippen LogP contribution in [0.5, 0.6) is 0 Å². The highest BCUT2D eigenvalue weighted by Crippen LogP contribution is 2.34. The summed E-state index contributed by atoms with van der Waals surface area (Å²) in [5.41, 5.74) is 2.33. The van der Waals surface area contributed by atoms with Crippen molar-refractivity contribution in [1.82, 2.24) is 20.9 Å². The van der Waals surface area contributed by atoms with Crippen LogP contribution in [0.1, 0.15) is 62.3 Å². The van der Waals surface area contributed by atoms with Crippen LogP contribution in [-0.4, -0.2) is 64.0 Å². The van der Waals surface area contributed by atoms with Crippen molar-refractivity contribution in [3.05, 3.63) is 107 Å². The van der Waals surface area contributed by atoms with Crippen LogP contribution in [0.15, 0.2) is 72.8 Å². The molecular weight excluding hydrogens is 614 g/mol. The van der Waals surface area contributed by atoms with Gasteiger partial charge in [-0.1, -0.05) is 74.9 Å². The Morgan fingerprint density at radius 3 is 2.35 bits per heavy atom. The molecule has 0 radical (unpaired) electrons. The lowest BCUT2D eigenvalue weighted by atomic mass is 9.81. The van der Waals surface area contributed by atoms with E-state index in [2.05, 4.69) is 16.0 Å². The number of carbonyl (C=O) groups is 3. The van der Waals surface area contributed by atoms with Crippen LogP contribution in [0.4, 0.5) is 8.78 Å². The Bertz CT molecular complexity index is 1580. The summed E-state index contributed by atoms with van der Waals surface area (Å²) in [5.74, 6) is -2.78. The second kappa shape index (κ2) is 15.4. The summed E-state index contributed by atoms with van der Waals surface area (Å²) in [6.07, 6.45) is 1.14. The van der Waals surface area contributed by atoms with Gasteiger partial charge in [-0.3, -0.25) is 14.4 Å². The molecule has 5 rings (SSSR count). The molecule has 48 heavy (non-hydrogen) atoms. The molecule has 1 saturated heterocycles. The molecular formula is C38H46F2N4O4. The second-order valence-corrected chi connectivity index (χ2v) is 13.3. The topological polar surface area (TPSA) is 111 Å². The molecule has 0 aliphatic carbocycles. The number of rotatable bonds is 13. The van der Waals surface area contributed by atoms with Gasteiger partial charge in [-0.2, -0.15) is 0 Å². The van der Waals surface area contributed by atoms with Crippen LogP contribution in [0, 0.1) is 17.6 Å². The summed E-state index contributed by atoms with van der Waals surface area (Å²) >= 11 is 0. The maximum atomic E-state index is 14.4. The SMILES string of the molecule is CC[C@@H](C)[C@@]1(NC(C)=O)CCN([C@@H](CCc2ccccc2)C(=O)N[C@@H](Cc2cc(F)cc(F)c2)[C@H](O)[C@H]2Cc3ccccc3CN2)C1=O. The van der Waals surface area contributed by atoms with Gasteiger partial charge in [-0.25, -0.2) is 8.78 Å². The van der Waals surface area contributed by atoms with Crippen molar-refractivity contribution in [2.45, 2.75) is 95.6 Å². The van der Waals surface area contributed by atoms with E-state index in [0.29, 0.717) is 38.6 Å². The maximum absolute atomic E-state index is 14.4. The van der Waals surface area contributed by atoms with Crippen molar-refractivity contribution >= 4 is 17.7 Å². The number of carbonyl (C=O) groups excluding carboxylic acids is 3. The van der Waals surface area contributed by atoms with Gasteiger partial charge >= 0.3 is 0 Å². The van der Waals surface area contributed by atoms with Gasteiger partial charge in [0.05, 0.1) is 12.1 Å². The lowest BCUT2D eigenvalue weighted by molar-refractivity contribution is -0.144. The van der Waals surface area contributed by atoms with Gasteiger partial charge in [0.25, 0.3) is 0 Å². The molecule has 6 atom stereocenters. The van der Waals surface area contributed by atoms with E-state index in [-0.39, 0.29) is 36.3 Å². The molecule has 0 unspecified atom stereocenters. The van der Waals surface area contributed by atoms with Crippen molar-refractivity contribution in [3.63, 3.8) is 0 Å². The average Bonchev–Trinajstić information content (AvgIpc) is 3.38. The van der Waals surface area contributed by atoms with Crippen LogP contribution in [0.2, 0.25) is 0 Å². The molecule has 0 saturated carbocycles. The Balaban J connectivity index is 1.45. The smallest absolute Gasteiger partial charge is 0.249 e. The van der Waals surface area contributed by atoms with Crippen LogP contribution >= 0.6 is 0 Å². The standard InChI is InChI=1S/C38H46F2N4O4/c1-4-24(2)38(43-25(3)45)16-17-44(37(38)48)34(15-14-26-10-6-5-7-11-26)36(47)42-33(20-27-18-30(39)22-31(40)19-27)35(46)32-21-28-12-8-9-13-29(28)23-41-32/h5-13,18-19,22,24,32-35,41,46H,4,14-17,20-21,23H2,1-3H3,(H,42,47)(H,43,45)/t24-,32-,33+,34+,35-,38+/m1/s1. The number of aryl methyl sites for hydroxylation is 1. The van der Waals surface area contributed by atoms with Gasteiger partial charge in [0.2, 0.25) is 17.7 Å². The average molecular weight is 661 g/mol. The molecule has 3 amide bonds. The van der Waals surface area contributed by atoms with Gasteiger partial charge in [0.15, 0.2) is 0 Å². The summed E-state index contributed by atoms with van der Waals surface area (Å²) in [6, 6.07) is 18.4. The van der Waals surface area contributed by atoms with Gasteiger partial charge in [-0.05, 0) is 72.4 Å². The van der Waals surface area contributed by atoms with E-state index in [9.17, 15) is 28.3 Å². The zero-order chi connectivity index (χ0) is 34.4. The Morgan fingerprint density at radius 1 is 1.02 bits per heavy atom. The van der Waals surface area contributed by atoms with E-state index in [0.717, 1.165) is 22.8 Å². The van der Waals surface area contributed by atoms with Crippen LogP contribution in [-0.2, 0) is 40.2 Å². The molecule has 4 N–H and O–H groups in total. The molecule has 2 heterocycles. The molecule has 8 nitrogen and oxygen atoms in total. The van der Waals surface area contributed by atoms with Gasteiger partial charge in [0.1, 0.15) is 23.2 Å². The third-order valence-electron chi connectivity index (χ3n) is 10.1. The summed E-state index contributed by atoms with van der Waals surface area (Å²) in [4.78, 5) is 42.5. The van der Waals surface area contributed by atoms with E-state index in [1.165, 1.54) is 19.1 Å². The predicted molar refractivity (Wildman–Crippen MR) is 180 cm³/mol. The largest absolute Gasteiger partial charge is 0.389 e. The first-order valence-electron chi connectivity index (χ1n) is 16.9. The van der Waals surface area contributed by atoms with Crippen LogP contribution in [0.25, 0.3) is 0 Å². The number of nitrogens with one attached hydrogen (secondary N) is 3. The first kappa shape index (κ1) is 35.2. The normalized spacial score (nSPS) is 21.6. The number of likely N-dealkylation sites (tertiary alicyclic amines) is 1. The molecule has 3 aromatic carbocycles. The molecule has 2 aliphatic rings. The van der Waals surface area contributed by atoms with Crippen LogP contribution < -0.4 is 16.0 Å². The molecule has 2 aliphatic heterocycles. The molecule has 0 bridgehead atoms. The number of hydrogen-bond donors (Lipinski definition) is 4. The number of nitrogens with zero attached hydrogens (tertiary/aromatic N) is 1. The monoisotopic (exact) mass is 660 g/mol. The first-order chi connectivity index (χ1) is 23.0. The highest BCUT2D eigenvalue weighted by atomic mass is 19.1. The molecule has 0 spiro atoms. The van der Waals surface area contributed by atoms with Gasteiger partial charge in [-0.15, -0.1) is 0 Å². The van der Waals surface area contributed by atoms with E-state index in [4.69, 9.17) is 0 Å². The lowest BCUT2D eigenvalue weighted by Crippen LogP contribution is -2.61. The maximum Gasteiger partial charge on any atom is 0.249 e. The minimum Gasteiger partial charge on any atom is -0.389 e. The molecule has 256 valence electrons. The summed E-state index contributed by atoms with van der Waals surface area (Å²) in [5, 5.41) is 21.1. The molecule has 3 aromatic rings. The number of hydrogen-bond acceptors (Lipinski definition) is 5. The molecule has 1 fully saturated rings. The summed E-state index contributed by atoms with van der Waals surface area (Å²) in [7, 11) is 0. The minimum atomic E-state index is -1.14. The number of aliphatic hydroxyl groups is 1. The number of benzene rings is 3. The number of halogens is 2. The van der Waals surface area contributed by atoms with E-state index >= 15 is 0 Å². The summed E-state index contributed by atoms with van der Waals surface area (Å²) < 4.78 is 28.6. The van der Waals surface area contributed by atoms with E-state index < -0.39 is 47.3 Å². The number of fused-ring (bicyclic) bond motifs is 1. The zero-order valence-electron chi connectivity index (χ0n) is 27.8. The lowest BCUT2D eigenvalue weighted by Gasteiger charge is -2.37. The third-order valence-corrected chi connectivity index (χ3v) is 10.1. The van der Waals surface area contributed by atoms with E-state index in [1.54, 1.807) is 4.90 Å². The Kier molecular flexibility index (Phi) is 11.3. The Hall–Kier alpha value is -4.15. The van der Waals surface area contributed by atoms with Crippen molar-refractivity contribution in [2.24, 2.45) is 5.92 Å². The van der Waals surface area contributed by atoms with E-state index in [1.807, 2.05) is 68.4 Å². The fourth-order valence-electron chi connectivity index (χ4n) is 7.31. The van der Waals surface area contributed by atoms with Gasteiger partial charge in [0, 0.05) is 32.1 Å². The third kappa shape index (κ3) is 7.93. The highest BCUT2D eigenvalue weighted by molar-refractivity contribution is 5.96. The van der Waals surface area contributed by atoms with Crippen molar-refractivity contribution in [3.8, 4) is 0 Å². The van der Waals surface area contributed by atoms with Crippen LogP contribution in [0.3, 0.4) is 0 Å². The van der Waals surface area contributed by atoms with Crippen molar-refractivity contribution in [1.29, 1.82) is 0 Å².